The van der Waals surface area contributed by atoms with E-state index in [4.69, 9.17) is 28.9 Å². The van der Waals surface area contributed by atoms with Crippen molar-refractivity contribution >= 4 is 57.9 Å². The summed E-state index contributed by atoms with van der Waals surface area (Å²) in [5.41, 5.74) is 0.381. The minimum atomic E-state index is -1.17. The number of thiocarbonyl (C=S) groups is 1. The Balaban J connectivity index is 2.33. The summed E-state index contributed by atoms with van der Waals surface area (Å²) in [6.07, 6.45) is 1.41. The molecule has 3 N–H and O–H groups in total. The Morgan fingerprint density at radius 2 is 2.10 bits per heavy atom. The predicted molar refractivity (Wildman–Crippen MR) is 82.3 cm³/mol. The van der Waals surface area contributed by atoms with Gasteiger partial charge in [-0.25, -0.2) is 0 Å². The van der Waals surface area contributed by atoms with Crippen LogP contribution < -0.4 is 0 Å². The standard InChI is InChI=1S/C12H8ClNO5S2/c13-6-1-5(2-7(15)10(6)18)3-8-11(19)14(4-9(16)17)12(20)21-8/h1-3,15,18H,4H2,(H,16,17)/b8-3-. The Morgan fingerprint density at radius 1 is 1.43 bits per heavy atom. The van der Waals surface area contributed by atoms with Crippen LogP contribution in [0.5, 0.6) is 11.5 Å². The molecule has 0 unspecified atom stereocenters. The van der Waals surface area contributed by atoms with Crippen molar-refractivity contribution < 1.29 is 24.9 Å². The van der Waals surface area contributed by atoms with E-state index in [1.807, 2.05) is 0 Å². The van der Waals surface area contributed by atoms with E-state index >= 15 is 0 Å². The lowest BCUT2D eigenvalue weighted by Crippen LogP contribution is -2.33. The topological polar surface area (TPSA) is 98.1 Å². The molecule has 1 aromatic carbocycles. The summed E-state index contributed by atoms with van der Waals surface area (Å²) in [5.74, 6) is -2.57. The molecule has 1 aromatic rings. The first kappa shape index (κ1) is 15.6. The van der Waals surface area contributed by atoms with Gasteiger partial charge in [0.2, 0.25) is 0 Å². The van der Waals surface area contributed by atoms with Gasteiger partial charge in [-0.05, 0) is 23.8 Å². The third kappa shape index (κ3) is 3.29. The second kappa shape index (κ2) is 5.92. The first-order valence-electron chi connectivity index (χ1n) is 5.48. The highest BCUT2D eigenvalue weighted by Crippen LogP contribution is 2.37. The Hall–Kier alpha value is -1.77. The molecular weight excluding hydrogens is 338 g/mol. The monoisotopic (exact) mass is 345 g/mol. The highest BCUT2D eigenvalue weighted by Gasteiger charge is 2.33. The number of phenols is 2. The van der Waals surface area contributed by atoms with Crippen LogP contribution in [-0.2, 0) is 9.59 Å². The van der Waals surface area contributed by atoms with E-state index in [9.17, 15) is 19.8 Å². The van der Waals surface area contributed by atoms with Crippen LogP contribution in [0.2, 0.25) is 5.02 Å². The maximum atomic E-state index is 12.0. The number of phenolic OH excluding ortho intramolecular Hbond substituents is 2. The number of rotatable bonds is 3. The summed E-state index contributed by atoms with van der Waals surface area (Å²) in [6, 6.07) is 2.59. The Labute approximate surface area is 133 Å². The largest absolute Gasteiger partial charge is 0.504 e. The van der Waals surface area contributed by atoms with E-state index in [0.717, 1.165) is 16.7 Å². The number of hydrogen-bond acceptors (Lipinski definition) is 6. The van der Waals surface area contributed by atoms with Gasteiger partial charge in [0, 0.05) is 0 Å². The normalized spacial score (nSPS) is 16.8. The van der Waals surface area contributed by atoms with Crippen molar-refractivity contribution in [3.63, 3.8) is 0 Å². The van der Waals surface area contributed by atoms with E-state index < -0.39 is 29.9 Å². The summed E-state index contributed by atoms with van der Waals surface area (Å²) in [6.45, 7) is -0.510. The zero-order valence-corrected chi connectivity index (χ0v) is 12.6. The number of nitrogens with zero attached hydrogens (tertiary/aromatic N) is 1. The van der Waals surface area contributed by atoms with Crippen molar-refractivity contribution in [2.45, 2.75) is 0 Å². The minimum absolute atomic E-state index is 0.0673. The third-order valence-corrected chi connectivity index (χ3v) is 4.20. The molecule has 0 radical (unpaired) electrons. The van der Waals surface area contributed by atoms with Gasteiger partial charge in [-0.3, -0.25) is 14.5 Å². The molecule has 0 aliphatic carbocycles. The number of amides is 1. The first-order valence-corrected chi connectivity index (χ1v) is 7.08. The van der Waals surface area contributed by atoms with E-state index in [1.54, 1.807) is 0 Å². The van der Waals surface area contributed by atoms with Gasteiger partial charge in [0.15, 0.2) is 11.5 Å². The average Bonchev–Trinajstić information content (AvgIpc) is 2.63. The minimum Gasteiger partial charge on any atom is -0.504 e. The van der Waals surface area contributed by atoms with Gasteiger partial charge >= 0.3 is 5.97 Å². The van der Waals surface area contributed by atoms with Gasteiger partial charge in [0.25, 0.3) is 5.91 Å². The maximum Gasteiger partial charge on any atom is 0.323 e. The van der Waals surface area contributed by atoms with E-state index in [-0.39, 0.29) is 14.2 Å². The summed E-state index contributed by atoms with van der Waals surface area (Å²) < 4.78 is 0.141. The van der Waals surface area contributed by atoms with Gasteiger partial charge in [-0.15, -0.1) is 0 Å². The van der Waals surface area contributed by atoms with Gasteiger partial charge in [0.05, 0.1) is 9.93 Å². The van der Waals surface area contributed by atoms with Crippen molar-refractivity contribution in [3.8, 4) is 11.5 Å². The number of benzene rings is 1. The number of carbonyl (C=O) groups is 2. The van der Waals surface area contributed by atoms with Crippen molar-refractivity contribution in [1.29, 1.82) is 0 Å². The van der Waals surface area contributed by atoms with Crippen molar-refractivity contribution in [2.24, 2.45) is 0 Å². The molecular formula is C12H8ClNO5S2. The van der Waals surface area contributed by atoms with Crippen LogP contribution in [0.1, 0.15) is 5.56 Å². The fourth-order valence-electron chi connectivity index (χ4n) is 1.61. The molecule has 9 heteroatoms. The van der Waals surface area contributed by atoms with Crippen LogP contribution in [0.15, 0.2) is 17.0 Å². The highest BCUT2D eigenvalue weighted by atomic mass is 35.5. The van der Waals surface area contributed by atoms with E-state index in [0.29, 0.717) is 5.56 Å². The summed E-state index contributed by atoms with van der Waals surface area (Å²) >= 11 is 11.6. The quantitative estimate of drug-likeness (QED) is 0.438. The van der Waals surface area contributed by atoms with Crippen molar-refractivity contribution in [1.82, 2.24) is 4.90 Å². The predicted octanol–water partition coefficient (Wildman–Crippen LogP) is 2.04. The number of carbonyl (C=O) groups excluding carboxylic acids is 1. The van der Waals surface area contributed by atoms with E-state index in [2.05, 4.69) is 0 Å². The van der Waals surface area contributed by atoms with Crippen molar-refractivity contribution in [3.05, 3.63) is 27.6 Å². The molecule has 0 atom stereocenters. The van der Waals surface area contributed by atoms with Crippen LogP contribution in [0.25, 0.3) is 6.08 Å². The molecule has 1 saturated heterocycles. The molecule has 110 valence electrons. The molecule has 1 aliphatic heterocycles. The zero-order chi connectivity index (χ0) is 15.7. The molecule has 1 heterocycles. The maximum absolute atomic E-state index is 12.0. The van der Waals surface area contributed by atoms with E-state index in [1.165, 1.54) is 18.2 Å². The van der Waals surface area contributed by atoms with Gasteiger partial charge in [-0.2, -0.15) is 0 Å². The lowest BCUT2D eigenvalue weighted by Gasteiger charge is -2.10. The lowest BCUT2D eigenvalue weighted by atomic mass is 10.2. The second-order valence-electron chi connectivity index (χ2n) is 4.03. The van der Waals surface area contributed by atoms with Crippen LogP contribution in [0, 0.1) is 0 Å². The smallest absolute Gasteiger partial charge is 0.323 e. The Morgan fingerprint density at radius 3 is 2.67 bits per heavy atom. The second-order valence-corrected chi connectivity index (χ2v) is 6.12. The number of aromatic hydroxyl groups is 2. The molecule has 0 saturated carbocycles. The fraction of sp³-hybridized carbons (Fsp3) is 0.0833. The van der Waals surface area contributed by atoms with Crippen LogP contribution in [0.4, 0.5) is 0 Å². The highest BCUT2D eigenvalue weighted by molar-refractivity contribution is 8.26. The molecule has 0 spiro atoms. The number of aliphatic carboxylic acids is 1. The van der Waals surface area contributed by atoms with Gasteiger partial charge in [-0.1, -0.05) is 35.6 Å². The molecule has 1 aliphatic rings. The molecule has 0 aromatic heterocycles. The number of hydrogen-bond donors (Lipinski definition) is 3. The Bertz CT molecular complexity index is 665. The third-order valence-electron chi connectivity index (χ3n) is 2.53. The average molecular weight is 346 g/mol. The SMILES string of the molecule is O=C(O)CN1C(=O)/C(=C/c2cc(O)c(O)c(Cl)c2)SC1=S. The number of halogens is 1. The lowest BCUT2D eigenvalue weighted by molar-refractivity contribution is -0.140. The molecule has 2 rings (SSSR count). The van der Waals surface area contributed by atoms with Crippen LogP contribution in [-0.4, -0.2) is 43.0 Å². The number of carboxylic acid groups (broad SMARTS) is 1. The Kier molecular flexibility index (Phi) is 4.40. The molecule has 0 bridgehead atoms. The van der Waals surface area contributed by atoms with Crippen LogP contribution >= 0.6 is 35.6 Å². The molecule has 1 fully saturated rings. The molecule has 6 nitrogen and oxygen atoms in total. The fourth-order valence-corrected chi connectivity index (χ4v) is 3.09. The molecule has 21 heavy (non-hydrogen) atoms. The summed E-state index contributed by atoms with van der Waals surface area (Å²) in [5, 5.41) is 27.5. The summed E-state index contributed by atoms with van der Waals surface area (Å²) in [7, 11) is 0. The first-order chi connectivity index (χ1) is 9.79. The number of carboxylic acids is 1. The molecule has 1 amide bonds. The summed E-state index contributed by atoms with van der Waals surface area (Å²) in [4.78, 5) is 23.9. The van der Waals surface area contributed by atoms with Crippen LogP contribution in [0.3, 0.4) is 0 Å². The van der Waals surface area contributed by atoms with Crippen molar-refractivity contribution in [2.75, 3.05) is 6.54 Å². The van der Waals surface area contributed by atoms with Gasteiger partial charge < -0.3 is 15.3 Å². The van der Waals surface area contributed by atoms with Gasteiger partial charge in [0.1, 0.15) is 10.9 Å². The number of thioether (sulfide) groups is 1. The zero-order valence-electron chi connectivity index (χ0n) is 10.2.